The summed E-state index contributed by atoms with van der Waals surface area (Å²) in [4.78, 5) is 8.98. The van der Waals surface area contributed by atoms with Crippen LogP contribution in [0.15, 0.2) is 41.0 Å². The zero-order chi connectivity index (χ0) is 20.4. The Labute approximate surface area is 180 Å². The first kappa shape index (κ1) is 20.4. The summed E-state index contributed by atoms with van der Waals surface area (Å²) in [7, 11) is 0. The van der Waals surface area contributed by atoms with Gasteiger partial charge in [0.15, 0.2) is 11.5 Å². The van der Waals surface area contributed by atoms with Crippen LogP contribution in [0.4, 0.5) is 5.82 Å². The first-order valence-electron chi connectivity index (χ1n) is 10.1. The van der Waals surface area contributed by atoms with E-state index in [1.807, 2.05) is 30.5 Å². The van der Waals surface area contributed by atoms with Gasteiger partial charge in [-0.3, -0.25) is 4.90 Å². The van der Waals surface area contributed by atoms with E-state index in [0.29, 0.717) is 12.3 Å². The molecule has 1 N–H and O–H groups in total. The maximum Gasteiger partial charge on any atom is 0.165 e. The molecule has 0 aliphatic carbocycles. The normalized spacial score (nSPS) is 19.5. The summed E-state index contributed by atoms with van der Waals surface area (Å²) < 4.78 is 13.0. The lowest BCUT2D eigenvalue weighted by atomic mass is 10.0. The van der Waals surface area contributed by atoms with Crippen molar-refractivity contribution in [1.29, 1.82) is 0 Å². The predicted molar refractivity (Wildman–Crippen MR) is 117 cm³/mol. The number of aromatic nitrogens is 1. The summed E-state index contributed by atoms with van der Waals surface area (Å²) >= 11 is 3.55. The van der Waals surface area contributed by atoms with Gasteiger partial charge in [-0.15, -0.1) is 0 Å². The zero-order valence-corrected chi connectivity index (χ0v) is 18.6. The molecular weight excluding hydrogens is 434 g/mol. The second-order valence-corrected chi connectivity index (χ2v) is 9.29. The summed E-state index contributed by atoms with van der Waals surface area (Å²) in [6.45, 7) is 8.60. The minimum Gasteiger partial charge on any atom is -0.487 e. The fraction of sp³-hybridized carbons (Fsp3) is 0.500. The van der Waals surface area contributed by atoms with E-state index in [-0.39, 0.29) is 12.2 Å². The molecule has 3 heterocycles. The molecule has 1 aromatic heterocycles. The van der Waals surface area contributed by atoms with Crippen LogP contribution in [0.3, 0.4) is 0 Å². The van der Waals surface area contributed by atoms with Crippen molar-refractivity contribution in [3.8, 4) is 11.5 Å². The second kappa shape index (κ2) is 8.50. The highest BCUT2D eigenvalue weighted by atomic mass is 79.9. The first-order chi connectivity index (χ1) is 13.9. The Balaban J connectivity index is 1.28. The Morgan fingerprint density at radius 2 is 2.03 bits per heavy atom. The van der Waals surface area contributed by atoms with Gasteiger partial charge in [0.2, 0.25) is 0 Å². The van der Waals surface area contributed by atoms with Crippen molar-refractivity contribution in [3.63, 3.8) is 0 Å². The number of aliphatic hydroxyl groups is 1. The van der Waals surface area contributed by atoms with Gasteiger partial charge in [-0.05, 0) is 38.1 Å². The molecule has 1 saturated heterocycles. The van der Waals surface area contributed by atoms with Gasteiger partial charge in [-0.25, -0.2) is 4.98 Å². The lowest BCUT2D eigenvalue weighted by molar-refractivity contribution is 0.0631. The molecule has 2 aliphatic heterocycles. The maximum atomic E-state index is 10.5. The number of hydrogen-bond donors (Lipinski definition) is 1. The second-order valence-electron chi connectivity index (χ2n) is 8.37. The van der Waals surface area contributed by atoms with Crippen LogP contribution in [0.25, 0.3) is 0 Å². The van der Waals surface area contributed by atoms with Crippen LogP contribution in [-0.2, 0) is 6.42 Å². The number of aliphatic hydroxyl groups excluding tert-OH is 1. The largest absolute Gasteiger partial charge is 0.487 e. The Bertz CT molecular complexity index is 839. The number of halogens is 1. The Hall–Kier alpha value is -1.83. The number of ether oxygens (including phenoxy) is 2. The predicted octanol–water partition coefficient (Wildman–Crippen LogP) is 3.12. The van der Waals surface area contributed by atoms with E-state index in [9.17, 15) is 5.11 Å². The third-order valence-electron chi connectivity index (χ3n) is 5.34. The van der Waals surface area contributed by atoms with E-state index in [2.05, 4.69) is 50.6 Å². The molecule has 4 rings (SSSR count). The van der Waals surface area contributed by atoms with Crippen molar-refractivity contribution in [2.24, 2.45) is 0 Å². The van der Waals surface area contributed by atoms with Crippen LogP contribution in [-0.4, -0.2) is 66.0 Å². The molecule has 0 bridgehead atoms. The van der Waals surface area contributed by atoms with E-state index >= 15 is 0 Å². The van der Waals surface area contributed by atoms with Crippen LogP contribution in [0.1, 0.15) is 19.4 Å². The Kier molecular flexibility index (Phi) is 5.99. The van der Waals surface area contributed by atoms with Crippen molar-refractivity contribution in [2.45, 2.75) is 32.0 Å². The van der Waals surface area contributed by atoms with Gasteiger partial charge in [0.05, 0.1) is 0 Å². The average molecular weight is 462 g/mol. The molecule has 0 radical (unpaired) electrons. The number of β-amino-alcohol motifs (C(OH)–C–C–N with tert-alkyl or cyclic N) is 1. The number of fused-ring (bicyclic) bond motifs is 1. The smallest absolute Gasteiger partial charge is 0.165 e. The van der Waals surface area contributed by atoms with Crippen LogP contribution >= 0.6 is 15.9 Å². The fourth-order valence-electron chi connectivity index (χ4n) is 3.99. The van der Waals surface area contributed by atoms with Crippen molar-refractivity contribution in [2.75, 3.05) is 44.2 Å². The van der Waals surface area contributed by atoms with Gasteiger partial charge < -0.3 is 19.5 Å². The molecule has 2 aromatic rings. The lowest BCUT2D eigenvalue weighted by Crippen LogP contribution is -2.49. The Morgan fingerprint density at radius 3 is 2.76 bits per heavy atom. The number of anilines is 1. The summed E-state index contributed by atoms with van der Waals surface area (Å²) in [5.41, 5.74) is 0.909. The summed E-state index contributed by atoms with van der Waals surface area (Å²) in [6, 6.07) is 9.98. The number of benzene rings is 1. The van der Waals surface area contributed by atoms with E-state index in [1.165, 1.54) is 0 Å². The van der Waals surface area contributed by atoms with Gasteiger partial charge in [0, 0.05) is 55.4 Å². The molecule has 1 aromatic carbocycles. The summed E-state index contributed by atoms with van der Waals surface area (Å²) in [6.07, 6.45) is 2.12. The highest BCUT2D eigenvalue weighted by Gasteiger charge is 2.33. The SMILES string of the molecule is CC1(C)Cc2cc(Br)cc(OCC(O)CN3CCN(c4ccccn4)CC3)c2O1. The fourth-order valence-corrected chi connectivity index (χ4v) is 4.47. The third-order valence-corrected chi connectivity index (χ3v) is 5.79. The molecule has 0 spiro atoms. The van der Waals surface area contributed by atoms with Crippen molar-refractivity contribution in [3.05, 3.63) is 46.6 Å². The molecule has 1 unspecified atom stereocenters. The van der Waals surface area contributed by atoms with Crippen molar-refractivity contribution in [1.82, 2.24) is 9.88 Å². The van der Waals surface area contributed by atoms with Crippen LogP contribution in [0.5, 0.6) is 11.5 Å². The lowest BCUT2D eigenvalue weighted by Gasteiger charge is -2.36. The molecule has 6 nitrogen and oxygen atoms in total. The molecule has 2 aliphatic rings. The molecule has 7 heteroatoms. The molecule has 0 amide bonds. The van der Waals surface area contributed by atoms with Crippen LogP contribution < -0.4 is 14.4 Å². The monoisotopic (exact) mass is 461 g/mol. The van der Waals surface area contributed by atoms with E-state index in [1.54, 1.807) is 0 Å². The maximum absolute atomic E-state index is 10.5. The van der Waals surface area contributed by atoms with Crippen LogP contribution in [0.2, 0.25) is 0 Å². The van der Waals surface area contributed by atoms with Crippen molar-refractivity contribution < 1.29 is 14.6 Å². The minimum atomic E-state index is -0.555. The first-order valence-corrected chi connectivity index (χ1v) is 10.9. The standard InChI is InChI=1S/C22H28BrN3O3/c1-22(2)13-16-11-17(23)12-19(21(16)29-22)28-15-18(27)14-25-7-9-26(10-8-25)20-5-3-4-6-24-20/h3-6,11-12,18,27H,7-10,13-15H2,1-2H3. The molecule has 156 valence electrons. The number of hydrogen-bond acceptors (Lipinski definition) is 6. The average Bonchev–Trinajstić information content (AvgIpc) is 3.01. The highest BCUT2D eigenvalue weighted by molar-refractivity contribution is 9.10. The number of pyridine rings is 1. The van der Waals surface area contributed by atoms with Gasteiger partial charge in [0.25, 0.3) is 0 Å². The highest BCUT2D eigenvalue weighted by Crippen LogP contribution is 2.43. The van der Waals surface area contributed by atoms with Crippen molar-refractivity contribution >= 4 is 21.7 Å². The molecule has 0 saturated carbocycles. The summed E-state index contributed by atoms with van der Waals surface area (Å²) in [5.74, 6) is 2.51. The molecular formula is C22H28BrN3O3. The number of nitrogens with zero attached hydrogens (tertiary/aromatic N) is 3. The van der Waals surface area contributed by atoms with Gasteiger partial charge >= 0.3 is 0 Å². The van der Waals surface area contributed by atoms with E-state index in [4.69, 9.17) is 9.47 Å². The van der Waals surface area contributed by atoms with E-state index in [0.717, 1.165) is 54.2 Å². The minimum absolute atomic E-state index is 0.229. The summed E-state index contributed by atoms with van der Waals surface area (Å²) in [5, 5.41) is 10.5. The quantitative estimate of drug-likeness (QED) is 0.712. The zero-order valence-electron chi connectivity index (χ0n) is 17.0. The third kappa shape index (κ3) is 5.02. The van der Waals surface area contributed by atoms with Gasteiger partial charge in [-0.2, -0.15) is 0 Å². The number of rotatable bonds is 6. The Morgan fingerprint density at radius 1 is 1.24 bits per heavy atom. The van der Waals surface area contributed by atoms with Gasteiger partial charge in [0.1, 0.15) is 24.1 Å². The van der Waals surface area contributed by atoms with E-state index < -0.39 is 6.10 Å². The molecule has 1 atom stereocenters. The van der Waals surface area contributed by atoms with Crippen LogP contribution in [0, 0.1) is 0 Å². The molecule has 29 heavy (non-hydrogen) atoms. The van der Waals surface area contributed by atoms with Gasteiger partial charge in [-0.1, -0.05) is 22.0 Å². The topological polar surface area (TPSA) is 58.1 Å². The number of piperazine rings is 1. The molecule has 1 fully saturated rings.